The van der Waals surface area contributed by atoms with Gasteiger partial charge in [-0.1, -0.05) is 65.8 Å². The molecule has 180 valence electrons. The van der Waals surface area contributed by atoms with Crippen molar-refractivity contribution in [2.45, 2.75) is 53.4 Å². The Morgan fingerprint density at radius 2 is 1.68 bits per heavy atom. The highest BCUT2D eigenvalue weighted by molar-refractivity contribution is 6.00. The maximum Gasteiger partial charge on any atom is 0.323 e. The van der Waals surface area contributed by atoms with E-state index in [-0.39, 0.29) is 10.8 Å². The average molecular weight is 462 g/mol. The van der Waals surface area contributed by atoms with Crippen molar-refractivity contribution < 1.29 is 14.3 Å². The Bertz CT molecular complexity index is 1110. The Morgan fingerprint density at radius 3 is 2.41 bits per heavy atom. The van der Waals surface area contributed by atoms with E-state index < -0.39 is 6.03 Å². The Kier molecular flexibility index (Phi) is 7.82. The van der Waals surface area contributed by atoms with Crippen LogP contribution in [0.25, 0.3) is 0 Å². The zero-order chi connectivity index (χ0) is 24.8. The maximum absolute atomic E-state index is 12.7. The molecule has 0 fully saturated rings. The first-order chi connectivity index (χ1) is 16.0. The van der Waals surface area contributed by atoms with Crippen molar-refractivity contribution in [3.8, 4) is 17.4 Å². The van der Waals surface area contributed by atoms with Gasteiger partial charge in [-0.3, -0.25) is 0 Å². The number of para-hydroxylation sites is 1. The molecule has 2 N–H and O–H groups in total. The molecule has 0 unspecified atom stereocenters. The summed E-state index contributed by atoms with van der Waals surface area (Å²) in [6, 6.07) is 18.3. The average Bonchev–Trinajstić information content (AvgIpc) is 2.74. The smallest absolute Gasteiger partial charge is 0.323 e. The van der Waals surface area contributed by atoms with Crippen LogP contribution >= 0.6 is 0 Å². The van der Waals surface area contributed by atoms with Gasteiger partial charge >= 0.3 is 6.03 Å². The maximum atomic E-state index is 12.7. The quantitative estimate of drug-likeness (QED) is 0.379. The topological polar surface area (TPSA) is 72.5 Å². The summed E-state index contributed by atoms with van der Waals surface area (Å²) in [6.07, 6.45) is 2.57. The predicted octanol–water partition coefficient (Wildman–Crippen LogP) is 7.63. The number of carbonyl (C=O) groups excluding carboxylic acids is 1. The Morgan fingerprint density at radius 1 is 0.912 bits per heavy atom. The fourth-order valence-electron chi connectivity index (χ4n) is 3.27. The number of pyridine rings is 1. The van der Waals surface area contributed by atoms with E-state index in [2.05, 4.69) is 57.2 Å². The highest BCUT2D eigenvalue weighted by Crippen LogP contribution is 2.35. The van der Waals surface area contributed by atoms with Crippen molar-refractivity contribution in [2.75, 3.05) is 17.2 Å². The first-order valence-corrected chi connectivity index (χ1v) is 11.5. The number of urea groups is 1. The van der Waals surface area contributed by atoms with E-state index in [4.69, 9.17) is 9.47 Å². The zero-order valence-corrected chi connectivity index (χ0v) is 20.9. The Labute approximate surface area is 202 Å². The lowest BCUT2D eigenvalue weighted by Gasteiger charge is -2.22. The van der Waals surface area contributed by atoms with E-state index >= 15 is 0 Å². The van der Waals surface area contributed by atoms with Crippen molar-refractivity contribution in [3.63, 3.8) is 0 Å². The lowest BCUT2D eigenvalue weighted by molar-refractivity contribution is 0.243. The molecule has 0 atom stereocenters. The normalized spacial score (nSPS) is 11.6. The van der Waals surface area contributed by atoms with Gasteiger partial charge in [0.05, 0.1) is 6.61 Å². The van der Waals surface area contributed by atoms with Crippen molar-refractivity contribution in [3.05, 3.63) is 72.4 Å². The van der Waals surface area contributed by atoms with Crippen LogP contribution in [0.2, 0.25) is 0 Å². The molecule has 0 bridgehead atoms. The molecule has 0 aliphatic carbocycles. The third-order valence-corrected chi connectivity index (χ3v) is 5.13. The van der Waals surface area contributed by atoms with E-state index in [0.29, 0.717) is 35.4 Å². The summed E-state index contributed by atoms with van der Waals surface area (Å²) in [5.74, 6) is 1.75. The Balaban J connectivity index is 1.68. The van der Waals surface area contributed by atoms with Crippen LogP contribution in [0.1, 0.15) is 53.5 Å². The lowest BCUT2D eigenvalue weighted by atomic mass is 9.86. The van der Waals surface area contributed by atoms with Crippen LogP contribution in [0, 0.1) is 5.41 Å². The lowest BCUT2D eigenvalue weighted by Crippen LogP contribution is -2.20. The second-order valence-corrected chi connectivity index (χ2v) is 10.5. The van der Waals surface area contributed by atoms with Gasteiger partial charge in [0.25, 0.3) is 0 Å². The molecule has 2 aromatic carbocycles. The molecule has 0 aliphatic rings. The summed E-state index contributed by atoms with van der Waals surface area (Å²) >= 11 is 0. The van der Waals surface area contributed by atoms with Crippen LogP contribution in [0.3, 0.4) is 0 Å². The largest absolute Gasteiger partial charge is 0.493 e. The number of hydrogen-bond acceptors (Lipinski definition) is 4. The van der Waals surface area contributed by atoms with Gasteiger partial charge in [-0.2, -0.15) is 0 Å². The highest BCUT2D eigenvalue weighted by atomic mass is 16.5. The van der Waals surface area contributed by atoms with E-state index in [1.807, 2.05) is 48.5 Å². The van der Waals surface area contributed by atoms with E-state index in [1.165, 1.54) is 0 Å². The number of benzene rings is 2. The minimum absolute atomic E-state index is 0.101. The molecule has 2 amide bonds. The van der Waals surface area contributed by atoms with Gasteiger partial charge in [0, 0.05) is 23.5 Å². The number of nitrogens with one attached hydrogen (secondary N) is 2. The molecule has 1 heterocycles. The molecule has 3 rings (SSSR count). The molecule has 0 spiro atoms. The minimum Gasteiger partial charge on any atom is -0.493 e. The van der Waals surface area contributed by atoms with Crippen LogP contribution in [-0.2, 0) is 5.41 Å². The molecule has 0 saturated heterocycles. The van der Waals surface area contributed by atoms with Crippen LogP contribution in [0.4, 0.5) is 16.2 Å². The van der Waals surface area contributed by atoms with E-state index in [1.54, 1.807) is 18.3 Å². The number of anilines is 2. The highest BCUT2D eigenvalue weighted by Gasteiger charge is 2.20. The molecule has 6 heteroatoms. The second-order valence-electron chi connectivity index (χ2n) is 10.5. The van der Waals surface area contributed by atoms with Crippen molar-refractivity contribution in [2.24, 2.45) is 5.41 Å². The number of ether oxygens (including phenoxy) is 2. The van der Waals surface area contributed by atoms with Crippen LogP contribution in [-0.4, -0.2) is 17.6 Å². The number of carbonyl (C=O) groups is 1. The van der Waals surface area contributed by atoms with Crippen molar-refractivity contribution in [1.29, 1.82) is 0 Å². The molecule has 6 nitrogen and oxygen atoms in total. The second kappa shape index (κ2) is 10.6. The van der Waals surface area contributed by atoms with Crippen LogP contribution in [0.5, 0.6) is 17.4 Å². The molecular weight excluding hydrogens is 426 g/mol. The third-order valence-electron chi connectivity index (χ3n) is 5.13. The third kappa shape index (κ3) is 7.51. The van der Waals surface area contributed by atoms with Crippen molar-refractivity contribution >= 4 is 17.4 Å². The molecule has 0 aliphatic heterocycles. The van der Waals surface area contributed by atoms with Gasteiger partial charge in [0.1, 0.15) is 17.2 Å². The van der Waals surface area contributed by atoms with E-state index in [9.17, 15) is 4.79 Å². The van der Waals surface area contributed by atoms with Gasteiger partial charge in [-0.25, -0.2) is 9.78 Å². The molecule has 0 saturated carbocycles. The molecule has 3 aromatic rings. The monoisotopic (exact) mass is 461 g/mol. The fourth-order valence-corrected chi connectivity index (χ4v) is 3.27. The standard InChI is InChI=1S/C28H35N3O3/c1-27(2,3)16-18-33-21-12-9-11-20(19-21)30-26(32)31-23-14-10-17-29-25(23)34-24-15-8-7-13-22(24)28(4,5)6/h7-15,17,19H,16,18H2,1-6H3,(H2,30,31,32). The first-order valence-electron chi connectivity index (χ1n) is 11.5. The van der Waals surface area contributed by atoms with Gasteiger partial charge in [0.2, 0.25) is 5.88 Å². The number of nitrogens with zero attached hydrogens (tertiary/aromatic N) is 1. The fraction of sp³-hybridized carbons (Fsp3) is 0.357. The summed E-state index contributed by atoms with van der Waals surface area (Å²) in [4.78, 5) is 17.1. The zero-order valence-electron chi connectivity index (χ0n) is 20.9. The molecule has 0 radical (unpaired) electrons. The van der Waals surface area contributed by atoms with Gasteiger partial charge in [-0.05, 0) is 47.6 Å². The summed E-state index contributed by atoms with van der Waals surface area (Å²) in [5.41, 5.74) is 2.26. The summed E-state index contributed by atoms with van der Waals surface area (Å²) in [6.45, 7) is 13.5. The van der Waals surface area contributed by atoms with Crippen LogP contribution in [0.15, 0.2) is 66.9 Å². The number of hydrogen-bond donors (Lipinski definition) is 2. The molecule has 1 aromatic heterocycles. The first kappa shape index (κ1) is 25.1. The van der Waals surface area contributed by atoms with Gasteiger partial charge in [-0.15, -0.1) is 0 Å². The summed E-state index contributed by atoms with van der Waals surface area (Å²) < 4.78 is 12.0. The predicted molar refractivity (Wildman–Crippen MR) is 138 cm³/mol. The van der Waals surface area contributed by atoms with Gasteiger partial charge < -0.3 is 20.1 Å². The van der Waals surface area contributed by atoms with E-state index in [0.717, 1.165) is 12.0 Å². The number of amides is 2. The SMILES string of the molecule is CC(C)(C)CCOc1cccc(NC(=O)Nc2cccnc2Oc2ccccc2C(C)(C)C)c1. The van der Waals surface area contributed by atoms with Crippen molar-refractivity contribution in [1.82, 2.24) is 4.98 Å². The Hall–Kier alpha value is -3.54. The molecular formula is C28H35N3O3. The molecule has 34 heavy (non-hydrogen) atoms. The number of aromatic nitrogens is 1. The minimum atomic E-state index is -0.395. The summed E-state index contributed by atoms with van der Waals surface area (Å²) in [5, 5.41) is 5.69. The van der Waals surface area contributed by atoms with Gasteiger partial charge in [0.15, 0.2) is 0 Å². The van der Waals surface area contributed by atoms with Crippen LogP contribution < -0.4 is 20.1 Å². The summed E-state index contributed by atoms with van der Waals surface area (Å²) in [7, 11) is 0. The number of rotatable bonds is 7.